The van der Waals surface area contributed by atoms with Gasteiger partial charge in [-0.1, -0.05) is 33.6 Å². The van der Waals surface area contributed by atoms with E-state index in [0.29, 0.717) is 11.6 Å². The van der Waals surface area contributed by atoms with Crippen LogP contribution in [0.5, 0.6) is 0 Å². The summed E-state index contributed by atoms with van der Waals surface area (Å²) in [6.07, 6.45) is 0. The minimum absolute atomic E-state index is 0.320. The molecule has 0 heterocycles. The normalized spacial score (nSPS) is 10.1. The van der Waals surface area contributed by atoms with Crippen molar-refractivity contribution in [1.29, 1.82) is 0 Å². The van der Waals surface area contributed by atoms with Crippen LogP contribution in [0.4, 0.5) is 0 Å². The molecule has 0 fully saturated rings. The average molecular weight is 236 g/mol. The highest BCUT2D eigenvalue weighted by molar-refractivity contribution is 9.10. The summed E-state index contributed by atoms with van der Waals surface area (Å²) in [5.41, 5.74) is 0.872. The summed E-state index contributed by atoms with van der Waals surface area (Å²) in [5, 5.41) is 0.657. The highest BCUT2D eigenvalue weighted by Gasteiger charge is 2.03. The van der Waals surface area contributed by atoms with Crippen molar-refractivity contribution in [3.05, 3.63) is 33.3 Å². The summed E-state index contributed by atoms with van der Waals surface area (Å²) in [5.74, 6) is 4.92. The Morgan fingerprint density at radius 1 is 1.55 bits per heavy atom. The molecule has 0 aliphatic rings. The maximum atomic E-state index is 5.84. The lowest BCUT2D eigenvalue weighted by molar-refractivity contribution is 0.123. The van der Waals surface area contributed by atoms with Gasteiger partial charge in [-0.15, -0.1) is 0 Å². The summed E-state index contributed by atoms with van der Waals surface area (Å²) in [7, 11) is 0. The van der Waals surface area contributed by atoms with E-state index >= 15 is 0 Å². The Bertz CT molecular complexity index is 234. The molecule has 2 nitrogen and oxygen atoms in total. The number of halogens is 2. The van der Waals surface area contributed by atoms with Crippen molar-refractivity contribution < 1.29 is 4.84 Å². The van der Waals surface area contributed by atoms with E-state index in [1.54, 1.807) is 6.07 Å². The van der Waals surface area contributed by atoms with E-state index < -0.39 is 0 Å². The van der Waals surface area contributed by atoms with Crippen LogP contribution in [0.2, 0.25) is 5.02 Å². The van der Waals surface area contributed by atoms with Crippen LogP contribution in [-0.2, 0) is 11.4 Å². The third-order valence-electron chi connectivity index (χ3n) is 1.29. The molecule has 60 valence electrons. The molecule has 2 N–H and O–H groups in total. The standard InChI is InChI=1S/C7H7BrClNO/c8-6-2-1-3-7(9)5(6)4-11-10/h1-3H,4,10H2. The van der Waals surface area contributed by atoms with Crippen molar-refractivity contribution in [2.24, 2.45) is 5.90 Å². The molecule has 0 aromatic heterocycles. The lowest BCUT2D eigenvalue weighted by Crippen LogP contribution is -2.00. The Morgan fingerprint density at radius 3 is 2.82 bits per heavy atom. The van der Waals surface area contributed by atoms with Crippen LogP contribution >= 0.6 is 27.5 Å². The molecule has 0 saturated heterocycles. The quantitative estimate of drug-likeness (QED) is 0.801. The van der Waals surface area contributed by atoms with E-state index in [4.69, 9.17) is 17.5 Å². The first-order valence-corrected chi connectivity index (χ1v) is 4.17. The maximum absolute atomic E-state index is 5.84. The number of hydrogen-bond acceptors (Lipinski definition) is 2. The second-order valence-electron chi connectivity index (χ2n) is 2.01. The van der Waals surface area contributed by atoms with Gasteiger partial charge in [0, 0.05) is 15.1 Å². The Labute approximate surface area is 78.4 Å². The summed E-state index contributed by atoms with van der Waals surface area (Å²) in [6.45, 7) is 0.320. The van der Waals surface area contributed by atoms with Crippen molar-refractivity contribution in [1.82, 2.24) is 0 Å². The van der Waals surface area contributed by atoms with E-state index in [9.17, 15) is 0 Å². The molecule has 1 aromatic rings. The van der Waals surface area contributed by atoms with Crippen LogP contribution in [0, 0.1) is 0 Å². The zero-order chi connectivity index (χ0) is 8.27. The third kappa shape index (κ3) is 2.17. The fourth-order valence-corrected chi connectivity index (χ4v) is 1.58. The lowest BCUT2D eigenvalue weighted by atomic mass is 10.2. The minimum Gasteiger partial charge on any atom is -0.300 e. The zero-order valence-electron chi connectivity index (χ0n) is 5.68. The topological polar surface area (TPSA) is 35.2 Å². The third-order valence-corrected chi connectivity index (χ3v) is 2.39. The number of nitrogens with two attached hydrogens (primary N) is 1. The van der Waals surface area contributed by atoms with Gasteiger partial charge in [0.15, 0.2) is 0 Å². The molecular weight excluding hydrogens is 229 g/mol. The van der Waals surface area contributed by atoms with Gasteiger partial charge in [-0.2, -0.15) is 0 Å². The first-order chi connectivity index (χ1) is 5.25. The predicted octanol–water partition coefficient (Wildman–Crippen LogP) is 2.49. The Morgan fingerprint density at radius 2 is 2.27 bits per heavy atom. The van der Waals surface area contributed by atoms with Crippen LogP contribution in [0.25, 0.3) is 0 Å². The molecule has 0 aliphatic carbocycles. The van der Waals surface area contributed by atoms with Gasteiger partial charge in [-0.25, -0.2) is 5.90 Å². The first-order valence-electron chi connectivity index (χ1n) is 3.00. The van der Waals surface area contributed by atoms with E-state index in [2.05, 4.69) is 20.8 Å². The van der Waals surface area contributed by atoms with E-state index in [0.717, 1.165) is 10.0 Å². The van der Waals surface area contributed by atoms with Crippen molar-refractivity contribution in [2.45, 2.75) is 6.61 Å². The van der Waals surface area contributed by atoms with Gasteiger partial charge >= 0.3 is 0 Å². The molecule has 0 aliphatic heterocycles. The molecule has 0 saturated carbocycles. The zero-order valence-corrected chi connectivity index (χ0v) is 8.02. The number of hydrogen-bond donors (Lipinski definition) is 1. The summed E-state index contributed by atoms with van der Waals surface area (Å²) in [4.78, 5) is 4.48. The molecule has 0 radical (unpaired) electrons. The first kappa shape index (κ1) is 9.00. The van der Waals surface area contributed by atoms with E-state index in [1.165, 1.54) is 0 Å². The SMILES string of the molecule is NOCc1c(Cl)cccc1Br. The highest BCUT2D eigenvalue weighted by atomic mass is 79.9. The van der Waals surface area contributed by atoms with Gasteiger partial charge < -0.3 is 0 Å². The fourth-order valence-electron chi connectivity index (χ4n) is 0.754. The van der Waals surface area contributed by atoms with Crippen molar-refractivity contribution in [3.8, 4) is 0 Å². The van der Waals surface area contributed by atoms with Crippen molar-refractivity contribution >= 4 is 27.5 Å². The van der Waals surface area contributed by atoms with Crippen LogP contribution in [0.1, 0.15) is 5.56 Å². The van der Waals surface area contributed by atoms with Gasteiger partial charge in [0.25, 0.3) is 0 Å². The van der Waals surface area contributed by atoms with Gasteiger partial charge in [0.05, 0.1) is 6.61 Å². The van der Waals surface area contributed by atoms with Gasteiger partial charge in [0.1, 0.15) is 0 Å². The lowest BCUT2D eigenvalue weighted by Gasteiger charge is -2.03. The van der Waals surface area contributed by atoms with E-state index in [1.807, 2.05) is 12.1 Å². The molecule has 1 rings (SSSR count). The number of benzene rings is 1. The molecule has 11 heavy (non-hydrogen) atoms. The highest BCUT2D eigenvalue weighted by Crippen LogP contribution is 2.24. The maximum Gasteiger partial charge on any atom is 0.0955 e. The van der Waals surface area contributed by atoms with Crippen LogP contribution in [0.15, 0.2) is 22.7 Å². The summed E-state index contributed by atoms with van der Waals surface area (Å²) < 4.78 is 0.912. The van der Waals surface area contributed by atoms with Crippen molar-refractivity contribution in [2.75, 3.05) is 0 Å². The second kappa shape index (κ2) is 4.07. The van der Waals surface area contributed by atoms with Gasteiger partial charge in [-0.05, 0) is 12.1 Å². The smallest absolute Gasteiger partial charge is 0.0955 e. The molecule has 0 bridgehead atoms. The minimum atomic E-state index is 0.320. The van der Waals surface area contributed by atoms with Crippen LogP contribution in [-0.4, -0.2) is 0 Å². The van der Waals surface area contributed by atoms with Gasteiger partial charge in [-0.3, -0.25) is 4.84 Å². The predicted molar refractivity (Wildman–Crippen MR) is 48.1 cm³/mol. The molecule has 0 amide bonds. The monoisotopic (exact) mass is 235 g/mol. The van der Waals surface area contributed by atoms with Crippen molar-refractivity contribution in [3.63, 3.8) is 0 Å². The fraction of sp³-hybridized carbons (Fsp3) is 0.143. The molecule has 0 unspecified atom stereocenters. The Balaban J connectivity index is 3.00. The Hall–Kier alpha value is -0.0900. The molecule has 0 atom stereocenters. The second-order valence-corrected chi connectivity index (χ2v) is 3.27. The van der Waals surface area contributed by atoms with Crippen LogP contribution in [0.3, 0.4) is 0 Å². The molecule has 0 spiro atoms. The molecule has 1 aromatic carbocycles. The van der Waals surface area contributed by atoms with Gasteiger partial charge in [0.2, 0.25) is 0 Å². The van der Waals surface area contributed by atoms with E-state index in [-0.39, 0.29) is 0 Å². The number of rotatable bonds is 2. The largest absolute Gasteiger partial charge is 0.300 e. The summed E-state index contributed by atoms with van der Waals surface area (Å²) >= 11 is 9.17. The molecular formula is C7H7BrClNO. The molecule has 4 heteroatoms. The Kier molecular flexibility index (Phi) is 3.33. The summed E-state index contributed by atoms with van der Waals surface area (Å²) in [6, 6.07) is 5.54. The average Bonchev–Trinajstić information content (AvgIpc) is 1.97. The van der Waals surface area contributed by atoms with Crippen LogP contribution < -0.4 is 5.90 Å².